The number of fused-ring (bicyclic) bond motifs is 4. The number of alkyl halides is 1. The lowest BCUT2D eigenvalue weighted by Gasteiger charge is -2.22. The molecule has 240 valence electrons. The Morgan fingerprint density at radius 2 is 2.02 bits per heavy atom. The SMILES string of the molecule is CC(C)(C)OC(=O)Nc1sc2c(F)cnc(-c3c4c(c5cnc(OCC6(CN7CC[C@H](F)C7)CC6)nc5c3F)COC4)c2c1C#N. The molecule has 0 bridgehead atoms. The van der Waals surface area contributed by atoms with Crippen molar-refractivity contribution in [1.82, 2.24) is 19.9 Å². The summed E-state index contributed by atoms with van der Waals surface area (Å²) in [7, 11) is 0. The van der Waals surface area contributed by atoms with Gasteiger partial charge in [0.15, 0.2) is 11.6 Å². The van der Waals surface area contributed by atoms with Gasteiger partial charge in [-0.3, -0.25) is 15.2 Å². The van der Waals surface area contributed by atoms with Gasteiger partial charge in [0.1, 0.15) is 28.4 Å². The van der Waals surface area contributed by atoms with E-state index in [1.54, 1.807) is 20.8 Å². The van der Waals surface area contributed by atoms with Crippen LogP contribution in [-0.2, 0) is 22.7 Å². The molecule has 1 aromatic carbocycles. The molecule has 0 unspecified atom stereocenters. The number of thiophene rings is 1. The van der Waals surface area contributed by atoms with Crippen molar-refractivity contribution in [3.05, 3.63) is 40.7 Å². The maximum Gasteiger partial charge on any atom is 0.412 e. The second-order valence-electron chi connectivity index (χ2n) is 13.2. The summed E-state index contributed by atoms with van der Waals surface area (Å²) in [6.45, 7) is 7.49. The van der Waals surface area contributed by atoms with Gasteiger partial charge in [-0.1, -0.05) is 0 Å². The largest absolute Gasteiger partial charge is 0.463 e. The summed E-state index contributed by atoms with van der Waals surface area (Å²) in [6.07, 6.45) is 3.28. The number of carbonyl (C=O) groups is 1. The second kappa shape index (κ2) is 11.3. The third kappa shape index (κ3) is 5.61. The monoisotopic (exact) mass is 652 g/mol. The third-order valence-corrected chi connectivity index (χ3v) is 9.66. The van der Waals surface area contributed by atoms with Gasteiger partial charge in [0.05, 0.1) is 42.0 Å². The van der Waals surface area contributed by atoms with E-state index in [9.17, 15) is 14.4 Å². The molecule has 1 amide bonds. The van der Waals surface area contributed by atoms with Gasteiger partial charge in [0.2, 0.25) is 0 Å². The number of carbonyl (C=O) groups excluding carboxylic acids is 1. The van der Waals surface area contributed by atoms with Crippen molar-refractivity contribution in [2.45, 2.75) is 65.0 Å². The number of benzene rings is 1. The molecule has 0 radical (unpaired) electrons. The summed E-state index contributed by atoms with van der Waals surface area (Å²) < 4.78 is 62.6. The number of ether oxygens (including phenoxy) is 3. The number of likely N-dealkylation sites (tertiary alicyclic amines) is 1. The number of halogens is 3. The highest BCUT2D eigenvalue weighted by molar-refractivity contribution is 7.23. The molecule has 3 aliphatic rings. The Morgan fingerprint density at radius 3 is 2.72 bits per heavy atom. The van der Waals surface area contributed by atoms with E-state index < -0.39 is 29.5 Å². The maximum absolute atomic E-state index is 16.7. The highest BCUT2D eigenvalue weighted by Crippen LogP contribution is 2.48. The van der Waals surface area contributed by atoms with E-state index in [1.165, 1.54) is 6.20 Å². The number of hydrogen-bond acceptors (Lipinski definition) is 10. The van der Waals surface area contributed by atoms with Gasteiger partial charge >= 0.3 is 12.1 Å². The van der Waals surface area contributed by atoms with E-state index >= 15 is 8.78 Å². The van der Waals surface area contributed by atoms with Crippen molar-refractivity contribution in [1.29, 1.82) is 5.26 Å². The molecule has 1 aliphatic carbocycles. The Bertz CT molecular complexity index is 1930. The van der Waals surface area contributed by atoms with Crippen LogP contribution in [0.3, 0.4) is 0 Å². The number of anilines is 1. The zero-order chi connectivity index (χ0) is 32.4. The number of nitrogens with zero attached hydrogens (tertiary/aromatic N) is 5. The van der Waals surface area contributed by atoms with E-state index in [1.807, 2.05) is 6.07 Å². The Morgan fingerprint density at radius 1 is 1.24 bits per heavy atom. The summed E-state index contributed by atoms with van der Waals surface area (Å²) >= 11 is 0.836. The second-order valence-corrected chi connectivity index (χ2v) is 14.2. The first-order valence-electron chi connectivity index (χ1n) is 15.0. The molecule has 2 fully saturated rings. The van der Waals surface area contributed by atoms with Crippen molar-refractivity contribution in [3.8, 4) is 23.3 Å². The van der Waals surface area contributed by atoms with Gasteiger partial charge in [-0.15, -0.1) is 11.3 Å². The van der Waals surface area contributed by atoms with Crippen molar-refractivity contribution < 1.29 is 32.2 Å². The number of hydrogen-bond donors (Lipinski definition) is 1. The van der Waals surface area contributed by atoms with Crippen LogP contribution in [0.5, 0.6) is 6.01 Å². The van der Waals surface area contributed by atoms with Crippen LogP contribution in [0.1, 0.15) is 56.7 Å². The summed E-state index contributed by atoms with van der Waals surface area (Å²) in [5.41, 5.74) is 0.196. The molecule has 46 heavy (non-hydrogen) atoms. The van der Waals surface area contributed by atoms with Crippen molar-refractivity contribution in [2.75, 3.05) is 31.6 Å². The van der Waals surface area contributed by atoms with E-state index in [0.717, 1.165) is 43.5 Å². The smallest absolute Gasteiger partial charge is 0.412 e. The molecule has 4 aromatic rings. The number of aromatic nitrogens is 3. The fourth-order valence-electron chi connectivity index (χ4n) is 6.21. The fraction of sp³-hybridized carbons (Fsp3) is 0.469. The van der Waals surface area contributed by atoms with Gasteiger partial charge in [-0.2, -0.15) is 10.2 Å². The quantitative estimate of drug-likeness (QED) is 0.234. The lowest BCUT2D eigenvalue weighted by atomic mass is 9.94. The van der Waals surface area contributed by atoms with E-state index in [4.69, 9.17) is 14.2 Å². The molecule has 7 rings (SSSR count). The van der Waals surface area contributed by atoms with Gasteiger partial charge in [-0.05, 0) is 51.2 Å². The first-order chi connectivity index (χ1) is 21.9. The zero-order valence-electron chi connectivity index (χ0n) is 25.5. The van der Waals surface area contributed by atoms with Gasteiger partial charge in [-0.25, -0.2) is 22.9 Å². The molecular formula is C32H31F3N6O4S. The Labute approximate surface area is 266 Å². The summed E-state index contributed by atoms with van der Waals surface area (Å²) in [5, 5.41) is 13.3. The molecule has 0 spiro atoms. The number of rotatable bonds is 7. The average molecular weight is 653 g/mol. The van der Waals surface area contributed by atoms with Crippen LogP contribution in [0.25, 0.3) is 32.2 Å². The van der Waals surface area contributed by atoms with Gasteiger partial charge in [0, 0.05) is 47.6 Å². The molecule has 1 saturated heterocycles. The number of amides is 1. The van der Waals surface area contributed by atoms with Crippen molar-refractivity contribution >= 4 is 43.4 Å². The van der Waals surface area contributed by atoms with Crippen LogP contribution in [0.15, 0.2) is 12.4 Å². The average Bonchev–Trinajstić information content (AvgIpc) is 3.29. The van der Waals surface area contributed by atoms with Crippen LogP contribution >= 0.6 is 11.3 Å². The van der Waals surface area contributed by atoms with E-state index in [0.29, 0.717) is 36.1 Å². The first-order valence-corrected chi connectivity index (χ1v) is 15.9. The molecule has 5 heterocycles. The molecule has 1 N–H and O–H groups in total. The minimum Gasteiger partial charge on any atom is -0.463 e. The number of nitrogens with one attached hydrogen (secondary N) is 1. The summed E-state index contributed by atoms with van der Waals surface area (Å²) in [6, 6.07) is 2.03. The Kier molecular flexibility index (Phi) is 7.53. The summed E-state index contributed by atoms with van der Waals surface area (Å²) in [4.78, 5) is 27.8. The topological polar surface area (TPSA) is 122 Å². The minimum atomic E-state index is -0.819. The fourth-order valence-corrected chi connectivity index (χ4v) is 7.25. The molecule has 10 nitrogen and oxygen atoms in total. The van der Waals surface area contributed by atoms with Gasteiger partial charge in [0.25, 0.3) is 0 Å². The predicted octanol–water partition coefficient (Wildman–Crippen LogP) is 6.64. The van der Waals surface area contributed by atoms with Crippen LogP contribution in [0.4, 0.5) is 23.0 Å². The van der Waals surface area contributed by atoms with Crippen LogP contribution in [0.2, 0.25) is 0 Å². The molecule has 1 saturated carbocycles. The standard InChI is InChI=1S/C32H31F3N6O4S/c1-31(2,3)45-30(42)40-28-17(8-36)23-26(37-10-21(34)27(23)46-28)22-20-13-43-12-19(20)18-9-38-29(39-25(18)24(22)35)44-15-32(5-6-32)14-41-7-4-16(33)11-41/h9-10,16H,4-7,11-15H2,1-3H3,(H,40,42)/t16-/m0/s1. The van der Waals surface area contributed by atoms with Crippen molar-refractivity contribution in [3.63, 3.8) is 0 Å². The lowest BCUT2D eigenvalue weighted by Crippen LogP contribution is -2.32. The molecule has 2 aliphatic heterocycles. The lowest BCUT2D eigenvalue weighted by molar-refractivity contribution is 0.0636. The first kappa shape index (κ1) is 30.6. The van der Waals surface area contributed by atoms with Crippen LogP contribution < -0.4 is 10.1 Å². The van der Waals surface area contributed by atoms with Crippen LogP contribution in [-0.4, -0.2) is 64.0 Å². The molecule has 1 atom stereocenters. The Balaban J connectivity index is 1.28. The Hall–Kier alpha value is -4.06. The number of nitriles is 1. The van der Waals surface area contributed by atoms with E-state index in [-0.39, 0.29) is 62.1 Å². The van der Waals surface area contributed by atoms with Crippen molar-refractivity contribution in [2.24, 2.45) is 5.41 Å². The molecule has 14 heteroatoms. The minimum absolute atomic E-state index is 0.00147. The van der Waals surface area contributed by atoms with Gasteiger partial charge < -0.3 is 14.2 Å². The van der Waals surface area contributed by atoms with E-state index in [2.05, 4.69) is 25.2 Å². The normalized spacial score (nSPS) is 18.9. The highest BCUT2D eigenvalue weighted by Gasteiger charge is 2.46. The van der Waals surface area contributed by atoms with Crippen LogP contribution in [0, 0.1) is 28.4 Å². The maximum atomic E-state index is 16.7. The summed E-state index contributed by atoms with van der Waals surface area (Å²) in [5.74, 6) is -1.47. The number of pyridine rings is 1. The highest BCUT2D eigenvalue weighted by atomic mass is 32.1. The third-order valence-electron chi connectivity index (χ3n) is 8.55. The molecule has 3 aromatic heterocycles. The molecular weight excluding hydrogens is 621 g/mol. The predicted molar refractivity (Wildman–Crippen MR) is 164 cm³/mol. The zero-order valence-corrected chi connectivity index (χ0v) is 26.3.